The van der Waals surface area contributed by atoms with Crippen LogP contribution in [0.2, 0.25) is 0 Å². The van der Waals surface area contributed by atoms with Crippen LogP contribution >= 0.6 is 0 Å². The Morgan fingerprint density at radius 3 is 2.86 bits per heavy atom. The Morgan fingerprint density at radius 1 is 1.14 bits per heavy atom. The van der Waals surface area contributed by atoms with Gasteiger partial charge in [-0.05, 0) is 69.0 Å². The molecule has 0 heterocycles. The summed E-state index contributed by atoms with van der Waals surface area (Å²) in [6.07, 6.45) is 13.1. The average Bonchev–Trinajstić information content (AvgIpc) is 2.56. The second-order valence-electron chi connectivity index (χ2n) is 6.65. The van der Waals surface area contributed by atoms with Gasteiger partial charge in [0.15, 0.2) is 0 Å². The van der Waals surface area contributed by atoms with Gasteiger partial charge in [-0.3, -0.25) is 0 Å². The maximum Gasteiger partial charge on any atom is 0.0348 e. The van der Waals surface area contributed by atoms with Gasteiger partial charge < -0.3 is 5.32 Å². The van der Waals surface area contributed by atoms with Gasteiger partial charge in [0.1, 0.15) is 0 Å². The molecule has 2 atom stereocenters. The molecule has 0 spiro atoms. The van der Waals surface area contributed by atoms with Crippen molar-refractivity contribution in [2.24, 2.45) is 0 Å². The SMILES string of the molecule is CCCNC(C1=CCCCC1)C1CCCc2ccccc21. The summed E-state index contributed by atoms with van der Waals surface area (Å²) in [5.74, 6) is 0.686. The predicted molar refractivity (Wildman–Crippen MR) is 90.8 cm³/mol. The number of fused-ring (bicyclic) bond motifs is 1. The summed E-state index contributed by atoms with van der Waals surface area (Å²) in [7, 11) is 0. The van der Waals surface area contributed by atoms with Crippen LogP contribution in [0.25, 0.3) is 0 Å². The molecule has 1 aromatic rings. The van der Waals surface area contributed by atoms with Crippen LogP contribution < -0.4 is 5.32 Å². The fourth-order valence-corrected chi connectivity index (χ4v) is 4.11. The number of allylic oxidation sites excluding steroid dienone is 1. The highest BCUT2D eigenvalue weighted by molar-refractivity contribution is 5.36. The quantitative estimate of drug-likeness (QED) is 0.752. The summed E-state index contributed by atoms with van der Waals surface area (Å²) in [5, 5.41) is 3.88. The fourth-order valence-electron chi connectivity index (χ4n) is 4.11. The van der Waals surface area contributed by atoms with Crippen molar-refractivity contribution in [1.29, 1.82) is 0 Å². The molecule has 2 aliphatic rings. The van der Waals surface area contributed by atoms with Crippen LogP contribution in [0.15, 0.2) is 35.9 Å². The first-order valence-corrected chi connectivity index (χ1v) is 8.90. The van der Waals surface area contributed by atoms with Gasteiger partial charge in [-0.2, -0.15) is 0 Å². The highest BCUT2D eigenvalue weighted by Gasteiger charge is 2.29. The van der Waals surface area contributed by atoms with E-state index in [0.717, 1.165) is 6.54 Å². The van der Waals surface area contributed by atoms with E-state index >= 15 is 0 Å². The van der Waals surface area contributed by atoms with E-state index in [2.05, 4.69) is 42.6 Å². The number of hydrogen-bond donors (Lipinski definition) is 1. The lowest BCUT2D eigenvalue weighted by Crippen LogP contribution is -2.39. The highest BCUT2D eigenvalue weighted by atomic mass is 14.9. The molecule has 0 saturated heterocycles. The van der Waals surface area contributed by atoms with Crippen LogP contribution in [-0.4, -0.2) is 12.6 Å². The summed E-state index contributed by atoms with van der Waals surface area (Å²) in [6, 6.07) is 9.72. The summed E-state index contributed by atoms with van der Waals surface area (Å²) >= 11 is 0. The highest BCUT2D eigenvalue weighted by Crippen LogP contribution is 2.38. The van der Waals surface area contributed by atoms with Crippen molar-refractivity contribution in [3.63, 3.8) is 0 Å². The van der Waals surface area contributed by atoms with Gasteiger partial charge in [-0.25, -0.2) is 0 Å². The zero-order valence-electron chi connectivity index (χ0n) is 13.4. The van der Waals surface area contributed by atoms with Crippen molar-refractivity contribution < 1.29 is 0 Å². The summed E-state index contributed by atoms with van der Waals surface area (Å²) in [5.41, 5.74) is 4.90. The fraction of sp³-hybridized carbons (Fsp3) is 0.600. The minimum absolute atomic E-state index is 0.576. The van der Waals surface area contributed by atoms with Crippen molar-refractivity contribution in [2.45, 2.75) is 70.3 Å². The molecule has 114 valence electrons. The van der Waals surface area contributed by atoms with E-state index in [1.54, 1.807) is 16.7 Å². The summed E-state index contributed by atoms with van der Waals surface area (Å²) < 4.78 is 0. The topological polar surface area (TPSA) is 12.0 Å². The summed E-state index contributed by atoms with van der Waals surface area (Å²) in [4.78, 5) is 0. The van der Waals surface area contributed by atoms with Crippen molar-refractivity contribution >= 4 is 0 Å². The molecule has 0 radical (unpaired) electrons. The maximum atomic E-state index is 3.88. The van der Waals surface area contributed by atoms with Crippen LogP contribution in [-0.2, 0) is 6.42 Å². The average molecular weight is 283 g/mol. The predicted octanol–water partition coefficient (Wildman–Crippen LogP) is 4.98. The number of aryl methyl sites for hydroxylation is 1. The molecule has 21 heavy (non-hydrogen) atoms. The Hall–Kier alpha value is -1.08. The van der Waals surface area contributed by atoms with Gasteiger partial charge in [0, 0.05) is 12.0 Å². The van der Waals surface area contributed by atoms with Crippen LogP contribution in [0.3, 0.4) is 0 Å². The zero-order chi connectivity index (χ0) is 14.5. The third kappa shape index (κ3) is 3.40. The van der Waals surface area contributed by atoms with Crippen LogP contribution in [0, 0.1) is 0 Å². The van der Waals surface area contributed by atoms with Gasteiger partial charge in [-0.1, -0.05) is 42.8 Å². The lowest BCUT2D eigenvalue weighted by atomic mass is 9.75. The molecule has 0 aliphatic heterocycles. The van der Waals surface area contributed by atoms with Crippen LogP contribution in [0.4, 0.5) is 0 Å². The van der Waals surface area contributed by atoms with E-state index in [9.17, 15) is 0 Å². The molecular formula is C20H29N. The van der Waals surface area contributed by atoms with E-state index in [4.69, 9.17) is 0 Å². The molecule has 2 unspecified atom stereocenters. The van der Waals surface area contributed by atoms with Gasteiger partial charge in [0.2, 0.25) is 0 Å². The lowest BCUT2D eigenvalue weighted by molar-refractivity contribution is 0.414. The molecule has 0 amide bonds. The van der Waals surface area contributed by atoms with Crippen molar-refractivity contribution in [2.75, 3.05) is 6.54 Å². The first-order valence-electron chi connectivity index (χ1n) is 8.90. The number of nitrogens with one attached hydrogen (secondary N) is 1. The molecule has 1 aromatic carbocycles. The lowest BCUT2D eigenvalue weighted by Gasteiger charge is -2.35. The minimum Gasteiger partial charge on any atom is -0.310 e. The van der Waals surface area contributed by atoms with Gasteiger partial charge >= 0.3 is 0 Å². The molecular weight excluding hydrogens is 254 g/mol. The van der Waals surface area contributed by atoms with E-state index in [-0.39, 0.29) is 0 Å². The Kier molecular flexibility index (Phi) is 5.13. The molecule has 3 rings (SSSR count). The van der Waals surface area contributed by atoms with Gasteiger partial charge in [-0.15, -0.1) is 0 Å². The zero-order valence-corrected chi connectivity index (χ0v) is 13.4. The van der Waals surface area contributed by atoms with Crippen molar-refractivity contribution in [3.8, 4) is 0 Å². The molecule has 1 nitrogen and oxygen atoms in total. The van der Waals surface area contributed by atoms with E-state index in [1.165, 1.54) is 51.4 Å². The number of hydrogen-bond acceptors (Lipinski definition) is 1. The second-order valence-corrected chi connectivity index (χ2v) is 6.65. The molecule has 1 heteroatoms. The maximum absolute atomic E-state index is 3.88. The Balaban J connectivity index is 1.87. The monoisotopic (exact) mass is 283 g/mol. The summed E-state index contributed by atoms with van der Waals surface area (Å²) in [6.45, 7) is 3.41. The first-order chi connectivity index (χ1) is 10.4. The third-order valence-corrected chi connectivity index (χ3v) is 5.16. The molecule has 0 saturated carbocycles. The third-order valence-electron chi connectivity index (χ3n) is 5.16. The smallest absolute Gasteiger partial charge is 0.0348 e. The van der Waals surface area contributed by atoms with E-state index < -0.39 is 0 Å². The Bertz CT molecular complexity index is 488. The van der Waals surface area contributed by atoms with E-state index in [0.29, 0.717) is 12.0 Å². The first kappa shape index (κ1) is 14.8. The van der Waals surface area contributed by atoms with Crippen LogP contribution in [0.1, 0.15) is 68.9 Å². The molecule has 0 bridgehead atoms. The van der Waals surface area contributed by atoms with Gasteiger partial charge in [0.05, 0.1) is 0 Å². The minimum atomic E-state index is 0.576. The van der Waals surface area contributed by atoms with Gasteiger partial charge in [0.25, 0.3) is 0 Å². The largest absolute Gasteiger partial charge is 0.310 e. The second kappa shape index (κ2) is 7.26. The Morgan fingerprint density at radius 2 is 2.05 bits per heavy atom. The van der Waals surface area contributed by atoms with Crippen LogP contribution in [0.5, 0.6) is 0 Å². The number of benzene rings is 1. The molecule has 2 aliphatic carbocycles. The Labute approximate surface area is 129 Å². The molecule has 0 fully saturated rings. The number of rotatable bonds is 5. The normalized spacial score (nSPS) is 23.3. The standard InChI is InChI=1S/C20H29N/c1-2-15-21-20(17-10-4-3-5-11-17)19-14-8-12-16-9-6-7-13-18(16)19/h6-7,9-10,13,19-21H,2-5,8,11-12,14-15H2,1H3. The van der Waals surface area contributed by atoms with E-state index in [1.807, 2.05) is 0 Å². The molecule has 1 N–H and O–H groups in total. The van der Waals surface area contributed by atoms with Crippen molar-refractivity contribution in [1.82, 2.24) is 5.32 Å². The molecule has 0 aromatic heterocycles. The van der Waals surface area contributed by atoms with Crippen molar-refractivity contribution in [3.05, 3.63) is 47.0 Å².